The van der Waals surface area contributed by atoms with Crippen LogP contribution in [0.5, 0.6) is 5.75 Å². The number of nitrogens with zero attached hydrogens (tertiary/aromatic N) is 3. The molecule has 3 aromatic rings. The van der Waals surface area contributed by atoms with E-state index < -0.39 is 63.4 Å². The molecule has 4 amide bonds. The van der Waals surface area contributed by atoms with Gasteiger partial charge in [-0.25, -0.2) is 28.0 Å². The smallest absolute Gasteiger partial charge is 0.408 e. The Morgan fingerprint density at radius 2 is 1.80 bits per heavy atom. The van der Waals surface area contributed by atoms with Gasteiger partial charge in [-0.2, -0.15) is 0 Å². The van der Waals surface area contributed by atoms with Crippen molar-refractivity contribution in [1.82, 2.24) is 25.5 Å². The SMILES string of the molecule is CC(C)C(=O)Nc1nc(-c2cc(O[C@@H]3C[C@H]4C(=O)N[C@]5(C(=O)O)C[C@@H]5/C=C\CCCCC[C@H](NC(=O)OC5CCCC5)C(=O)N4C3)c3cccc(S(C)(=O)=O)c3n2)cs1. The topological polar surface area (TPSA) is 223 Å². The molecule has 4 heterocycles. The number of fused-ring (bicyclic) bond motifs is 3. The van der Waals surface area contributed by atoms with Gasteiger partial charge in [0.1, 0.15) is 41.3 Å². The maximum atomic E-state index is 14.6. The zero-order chi connectivity index (χ0) is 42.1. The number of aliphatic carboxylic acids is 1. The molecule has 59 heavy (non-hydrogen) atoms. The van der Waals surface area contributed by atoms with Crippen LogP contribution in [-0.2, 0) is 33.8 Å². The highest BCUT2D eigenvalue weighted by Crippen LogP contribution is 2.45. The molecule has 0 spiro atoms. The van der Waals surface area contributed by atoms with Crippen LogP contribution in [0.2, 0.25) is 0 Å². The Hall–Kier alpha value is -5.10. The first-order valence-corrected chi connectivity index (χ1v) is 23.0. The van der Waals surface area contributed by atoms with Gasteiger partial charge in [-0.15, -0.1) is 11.3 Å². The minimum absolute atomic E-state index is 0.0416. The molecule has 3 fully saturated rings. The van der Waals surface area contributed by atoms with Crippen LogP contribution < -0.4 is 20.7 Å². The summed E-state index contributed by atoms with van der Waals surface area (Å²) in [4.78, 5) is 77.5. The summed E-state index contributed by atoms with van der Waals surface area (Å²) in [7, 11) is -3.79. The lowest BCUT2D eigenvalue weighted by molar-refractivity contribution is -0.145. The second-order valence-corrected chi connectivity index (χ2v) is 19.1. The number of carbonyl (C=O) groups is 5. The van der Waals surface area contributed by atoms with Crippen molar-refractivity contribution >= 4 is 67.0 Å². The summed E-state index contributed by atoms with van der Waals surface area (Å²) < 4.78 is 38.3. The number of allylic oxidation sites excluding steroid dienone is 1. The molecule has 16 nitrogen and oxygen atoms in total. The Bertz CT molecular complexity index is 2270. The van der Waals surface area contributed by atoms with Crippen LogP contribution in [0.15, 0.2) is 46.7 Å². The summed E-state index contributed by atoms with van der Waals surface area (Å²) in [5.41, 5.74) is -0.800. The van der Waals surface area contributed by atoms with Gasteiger partial charge in [-0.1, -0.05) is 44.9 Å². The lowest BCUT2D eigenvalue weighted by Crippen LogP contribution is -2.56. The van der Waals surface area contributed by atoms with Crippen molar-refractivity contribution in [2.75, 3.05) is 18.1 Å². The number of thiazole rings is 1. The van der Waals surface area contributed by atoms with E-state index >= 15 is 0 Å². The van der Waals surface area contributed by atoms with Crippen LogP contribution in [0.25, 0.3) is 22.3 Å². The number of pyridine rings is 1. The molecular formula is C41H50N6O10S2. The lowest BCUT2D eigenvalue weighted by atomic mass is 10.0. The molecule has 5 atom stereocenters. The Labute approximate surface area is 346 Å². The predicted octanol–water partition coefficient (Wildman–Crippen LogP) is 5.22. The first-order chi connectivity index (χ1) is 28.1. The second-order valence-electron chi connectivity index (χ2n) is 16.2. The minimum atomic E-state index is -3.79. The maximum absolute atomic E-state index is 14.6. The standard InChI is InChI=1S/C41H50N6O10S2/c1-23(2)35(48)45-39-43-30(22-58-39)29-19-32(27-15-11-17-33(34(27)42-29)59(3,54)55)56-26-18-31-36(49)46-41(38(51)52)20-24(41)12-7-5-4-6-8-16-28(37(50)47(31)21-26)44-40(53)57-25-13-9-10-14-25/h7,11-12,15,17,19,22-26,28,31H,4-6,8-10,13-14,16,18,20-21H2,1-3H3,(H,44,53)(H,46,49)(H,51,52)(H,43,45,48)/b12-7-/t24-,26+,28-,31-,41+/m0/s1. The zero-order valence-corrected chi connectivity index (χ0v) is 34.9. The number of carbonyl (C=O) groups excluding carboxylic acids is 4. The van der Waals surface area contributed by atoms with Crippen molar-refractivity contribution in [2.24, 2.45) is 11.8 Å². The number of anilines is 1. The number of rotatable bonds is 9. The number of ether oxygens (including phenoxy) is 2. The fourth-order valence-electron chi connectivity index (χ4n) is 8.08. The van der Waals surface area contributed by atoms with Gasteiger partial charge in [-0.05, 0) is 63.5 Å². The molecule has 4 aliphatic rings. The van der Waals surface area contributed by atoms with Crippen LogP contribution in [0.1, 0.15) is 84.5 Å². The van der Waals surface area contributed by atoms with E-state index in [1.165, 1.54) is 22.3 Å². The van der Waals surface area contributed by atoms with E-state index in [1.807, 2.05) is 12.2 Å². The van der Waals surface area contributed by atoms with Crippen LogP contribution in [0, 0.1) is 11.8 Å². The Balaban J connectivity index is 1.23. The number of hydrogen-bond donors (Lipinski definition) is 4. The van der Waals surface area contributed by atoms with Gasteiger partial charge in [0.2, 0.25) is 17.7 Å². The average molecular weight is 851 g/mol. The Kier molecular flexibility index (Phi) is 12.3. The van der Waals surface area contributed by atoms with E-state index in [9.17, 15) is 37.5 Å². The number of nitrogens with one attached hydrogen (secondary N) is 3. The van der Waals surface area contributed by atoms with Crippen molar-refractivity contribution in [3.05, 3.63) is 41.8 Å². The van der Waals surface area contributed by atoms with Crippen molar-refractivity contribution in [3.63, 3.8) is 0 Å². The van der Waals surface area contributed by atoms with Crippen LogP contribution >= 0.6 is 11.3 Å². The van der Waals surface area contributed by atoms with E-state index in [4.69, 9.17) is 14.5 Å². The third-order valence-electron chi connectivity index (χ3n) is 11.5. The molecule has 316 valence electrons. The number of aromatic nitrogens is 2. The molecule has 7 rings (SSSR count). The summed E-state index contributed by atoms with van der Waals surface area (Å²) in [5, 5.41) is 20.9. The average Bonchev–Trinajstić information content (AvgIpc) is 3.61. The van der Waals surface area contributed by atoms with Crippen LogP contribution in [-0.4, -0.2) is 101 Å². The molecule has 4 N–H and O–H groups in total. The molecule has 2 aliphatic carbocycles. The van der Waals surface area contributed by atoms with Gasteiger partial charge in [0, 0.05) is 41.3 Å². The van der Waals surface area contributed by atoms with Gasteiger partial charge in [0.15, 0.2) is 15.0 Å². The van der Waals surface area contributed by atoms with Gasteiger partial charge in [0.05, 0.1) is 22.7 Å². The highest BCUT2D eigenvalue weighted by atomic mass is 32.2. The molecule has 0 unspecified atom stereocenters. The highest BCUT2D eigenvalue weighted by molar-refractivity contribution is 7.91. The van der Waals surface area contributed by atoms with E-state index in [0.29, 0.717) is 35.5 Å². The summed E-state index contributed by atoms with van der Waals surface area (Å²) >= 11 is 1.17. The zero-order valence-electron chi connectivity index (χ0n) is 33.3. The minimum Gasteiger partial charge on any atom is -0.488 e. The third-order valence-corrected chi connectivity index (χ3v) is 13.4. The number of carboxylic acid groups (broad SMARTS) is 1. The summed E-state index contributed by atoms with van der Waals surface area (Å²) in [6.45, 7) is 3.40. The van der Waals surface area contributed by atoms with E-state index in [-0.39, 0.29) is 59.2 Å². The first-order valence-electron chi connectivity index (χ1n) is 20.2. The molecule has 2 aliphatic heterocycles. The lowest BCUT2D eigenvalue weighted by Gasteiger charge is -2.29. The van der Waals surface area contributed by atoms with E-state index in [1.54, 1.807) is 37.4 Å². The molecule has 2 aromatic heterocycles. The van der Waals surface area contributed by atoms with Gasteiger partial charge in [-0.3, -0.25) is 14.4 Å². The summed E-state index contributed by atoms with van der Waals surface area (Å²) in [6.07, 6.45) is 9.76. The number of para-hydroxylation sites is 1. The van der Waals surface area contributed by atoms with Crippen molar-refractivity contribution in [3.8, 4) is 17.1 Å². The van der Waals surface area contributed by atoms with Crippen molar-refractivity contribution < 1.29 is 47.0 Å². The number of benzene rings is 1. The maximum Gasteiger partial charge on any atom is 0.408 e. The Morgan fingerprint density at radius 3 is 2.53 bits per heavy atom. The largest absolute Gasteiger partial charge is 0.488 e. The first kappa shape index (κ1) is 42.0. The van der Waals surface area contributed by atoms with Crippen LogP contribution in [0.3, 0.4) is 0 Å². The van der Waals surface area contributed by atoms with Gasteiger partial charge >= 0.3 is 12.1 Å². The fraction of sp³-hybridized carbons (Fsp3) is 0.537. The quantitative estimate of drug-likeness (QED) is 0.204. The van der Waals surface area contributed by atoms with E-state index in [0.717, 1.165) is 44.8 Å². The summed E-state index contributed by atoms with van der Waals surface area (Å²) in [6, 6.07) is 4.06. The normalized spacial score (nSPS) is 25.9. The van der Waals surface area contributed by atoms with E-state index in [2.05, 4.69) is 20.9 Å². The van der Waals surface area contributed by atoms with Gasteiger partial charge in [0.25, 0.3) is 0 Å². The molecule has 1 saturated heterocycles. The molecule has 0 radical (unpaired) electrons. The molecule has 18 heteroatoms. The number of sulfone groups is 1. The second kappa shape index (κ2) is 17.2. The number of amides is 4. The monoisotopic (exact) mass is 850 g/mol. The number of carboxylic acids is 1. The number of alkyl carbamates (subject to hydrolysis) is 1. The third kappa shape index (κ3) is 9.38. The Morgan fingerprint density at radius 1 is 1.03 bits per heavy atom. The predicted molar refractivity (Wildman–Crippen MR) is 218 cm³/mol. The summed E-state index contributed by atoms with van der Waals surface area (Å²) in [5.74, 6) is -3.08. The number of hydrogen-bond acceptors (Lipinski definition) is 12. The van der Waals surface area contributed by atoms with Crippen molar-refractivity contribution in [1.29, 1.82) is 0 Å². The van der Waals surface area contributed by atoms with Crippen LogP contribution in [0.4, 0.5) is 9.93 Å². The van der Waals surface area contributed by atoms with Crippen molar-refractivity contribution in [2.45, 2.75) is 119 Å². The molecule has 1 aromatic carbocycles. The highest BCUT2D eigenvalue weighted by Gasteiger charge is 2.61. The molecular weight excluding hydrogens is 801 g/mol. The fourth-order valence-corrected chi connectivity index (χ4v) is 9.62. The molecule has 2 saturated carbocycles. The molecule has 0 bridgehead atoms. The van der Waals surface area contributed by atoms with Gasteiger partial charge < -0.3 is 35.4 Å².